The predicted octanol–water partition coefficient (Wildman–Crippen LogP) is 3.11. The van der Waals surface area contributed by atoms with Crippen LogP contribution in [-0.2, 0) is 14.8 Å². The number of aromatic nitrogens is 2. The van der Waals surface area contributed by atoms with E-state index in [0.717, 1.165) is 11.3 Å². The molecule has 1 amide bonds. The molecule has 0 spiro atoms. The molecule has 31 heavy (non-hydrogen) atoms. The molecule has 1 aliphatic heterocycles. The Labute approximate surface area is 185 Å². The molecule has 0 radical (unpaired) electrons. The number of carbonyl (C=O) groups excluding carboxylic acids is 1. The number of halogens is 1. The van der Waals surface area contributed by atoms with Gasteiger partial charge in [-0.2, -0.15) is 9.40 Å². The van der Waals surface area contributed by atoms with E-state index in [-0.39, 0.29) is 4.90 Å². The van der Waals surface area contributed by atoms with Crippen LogP contribution in [0.4, 0.5) is 5.69 Å². The summed E-state index contributed by atoms with van der Waals surface area (Å²) in [6.45, 7) is 3.15. The molecule has 4 rings (SSSR count). The van der Waals surface area contributed by atoms with Crippen LogP contribution in [0.25, 0.3) is 5.69 Å². The average Bonchev–Trinajstić information content (AvgIpc) is 3.26. The maximum absolute atomic E-state index is 12.9. The number of nitrogens with one attached hydrogen (secondary N) is 1. The zero-order valence-electron chi connectivity index (χ0n) is 16.8. The average molecular weight is 461 g/mol. The third kappa shape index (κ3) is 4.64. The summed E-state index contributed by atoms with van der Waals surface area (Å²) >= 11 is 6.02. The van der Waals surface area contributed by atoms with Gasteiger partial charge in [0, 0.05) is 30.0 Å². The minimum atomic E-state index is -3.66. The Hall–Kier alpha value is -2.72. The van der Waals surface area contributed by atoms with Crippen molar-refractivity contribution in [3.05, 3.63) is 71.0 Å². The fourth-order valence-corrected chi connectivity index (χ4v) is 4.85. The first-order chi connectivity index (χ1) is 14.8. The quantitative estimate of drug-likeness (QED) is 0.631. The number of nitrogens with zero attached hydrogens (tertiary/aromatic N) is 3. The molecular weight excluding hydrogens is 440 g/mol. The molecule has 2 aromatic carbocycles. The van der Waals surface area contributed by atoms with Crippen LogP contribution in [0.2, 0.25) is 5.02 Å². The summed E-state index contributed by atoms with van der Waals surface area (Å²) in [6.07, 6.45) is 3.03. The number of benzene rings is 2. The van der Waals surface area contributed by atoms with E-state index in [1.165, 1.54) is 16.6 Å². The van der Waals surface area contributed by atoms with Crippen LogP contribution >= 0.6 is 11.6 Å². The van der Waals surface area contributed by atoms with Crippen LogP contribution in [0.5, 0.6) is 0 Å². The standard InChI is InChI=1S/C21H21ClN4O4S/c1-15-5-6-19(31(28,29)25-7-9-30-10-8-25)12-20(15)24-21(27)16-13-23-26(14-16)18-4-2-3-17(22)11-18/h2-6,11-14H,7-10H2,1H3,(H,24,27). The lowest BCUT2D eigenvalue weighted by Gasteiger charge is -2.26. The number of hydrogen-bond donors (Lipinski definition) is 1. The van der Waals surface area contributed by atoms with E-state index in [1.54, 1.807) is 48.1 Å². The lowest BCUT2D eigenvalue weighted by molar-refractivity contribution is 0.0730. The second kappa shape index (κ2) is 8.80. The van der Waals surface area contributed by atoms with Gasteiger partial charge in [-0.05, 0) is 42.8 Å². The molecule has 1 fully saturated rings. The SMILES string of the molecule is Cc1ccc(S(=O)(=O)N2CCOCC2)cc1NC(=O)c1cnn(-c2cccc(Cl)c2)c1. The highest BCUT2D eigenvalue weighted by Gasteiger charge is 2.27. The molecular formula is C21H21ClN4O4S. The van der Waals surface area contributed by atoms with E-state index >= 15 is 0 Å². The van der Waals surface area contributed by atoms with Gasteiger partial charge in [-0.25, -0.2) is 13.1 Å². The van der Waals surface area contributed by atoms with Gasteiger partial charge >= 0.3 is 0 Å². The van der Waals surface area contributed by atoms with Crippen molar-refractivity contribution in [1.29, 1.82) is 0 Å². The number of sulfonamides is 1. The summed E-state index contributed by atoms with van der Waals surface area (Å²) in [7, 11) is -3.66. The van der Waals surface area contributed by atoms with E-state index in [1.807, 2.05) is 6.07 Å². The van der Waals surface area contributed by atoms with Crippen molar-refractivity contribution in [2.45, 2.75) is 11.8 Å². The lowest BCUT2D eigenvalue weighted by atomic mass is 10.2. The Kier molecular flexibility index (Phi) is 6.10. The third-order valence-electron chi connectivity index (χ3n) is 4.98. The normalized spacial score (nSPS) is 15.0. The van der Waals surface area contributed by atoms with Crippen LogP contribution in [0.1, 0.15) is 15.9 Å². The summed E-state index contributed by atoms with van der Waals surface area (Å²) in [4.78, 5) is 12.9. The molecule has 1 saturated heterocycles. The summed E-state index contributed by atoms with van der Waals surface area (Å²) in [5.74, 6) is -0.391. The Morgan fingerprint density at radius 2 is 1.94 bits per heavy atom. The second-order valence-electron chi connectivity index (χ2n) is 7.10. The van der Waals surface area contributed by atoms with Crippen molar-refractivity contribution in [2.75, 3.05) is 31.6 Å². The summed E-state index contributed by atoms with van der Waals surface area (Å²) in [5, 5.41) is 7.57. The smallest absolute Gasteiger partial charge is 0.258 e. The molecule has 10 heteroatoms. The molecule has 162 valence electrons. The van der Waals surface area contributed by atoms with Crippen molar-refractivity contribution in [3.8, 4) is 5.69 Å². The van der Waals surface area contributed by atoms with Crippen molar-refractivity contribution in [2.24, 2.45) is 0 Å². The Morgan fingerprint density at radius 3 is 2.68 bits per heavy atom. The van der Waals surface area contributed by atoms with Gasteiger partial charge in [0.05, 0.1) is 35.6 Å². The van der Waals surface area contributed by atoms with Crippen molar-refractivity contribution in [3.63, 3.8) is 0 Å². The number of carbonyl (C=O) groups is 1. The maximum atomic E-state index is 12.9. The van der Waals surface area contributed by atoms with Gasteiger partial charge in [-0.15, -0.1) is 0 Å². The zero-order chi connectivity index (χ0) is 22.0. The van der Waals surface area contributed by atoms with Crippen LogP contribution < -0.4 is 5.32 Å². The van der Waals surface area contributed by atoms with Crippen LogP contribution in [-0.4, -0.2) is 54.7 Å². The Morgan fingerprint density at radius 1 is 1.16 bits per heavy atom. The van der Waals surface area contributed by atoms with Gasteiger partial charge in [0.25, 0.3) is 5.91 Å². The molecule has 0 saturated carbocycles. The molecule has 0 aliphatic carbocycles. The molecule has 3 aromatic rings. The van der Waals surface area contributed by atoms with Crippen LogP contribution in [0.15, 0.2) is 59.8 Å². The van der Waals surface area contributed by atoms with Crippen molar-refractivity contribution in [1.82, 2.24) is 14.1 Å². The number of ether oxygens (including phenoxy) is 1. The number of rotatable bonds is 5. The first-order valence-electron chi connectivity index (χ1n) is 9.65. The molecule has 0 atom stereocenters. The molecule has 2 heterocycles. The first-order valence-corrected chi connectivity index (χ1v) is 11.5. The highest BCUT2D eigenvalue weighted by molar-refractivity contribution is 7.89. The monoisotopic (exact) mass is 460 g/mol. The van der Waals surface area contributed by atoms with E-state index in [9.17, 15) is 13.2 Å². The van der Waals surface area contributed by atoms with Gasteiger partial charge in [0.1, 0.15) is 0 Å². The van der Waals surface area contributed by atoms with E-state index in [2.05, 4.69) is 10.4 Å². The topological polar surface area (TPSA) is 93.5 Å². The highest BCUT2D eigenvalue weighted by Crippen LogP contribution is 2.24. The number of aryl methyl sites for hydroxylation is 1. The highest BCUT2D eigenvalue weighted by atomic mass is 35.5. The van der Waals surface area contributed by atoms with Crippen LogP contribution in [0, 0.1) is 6.92 Å². The molecule has 0 unspecified atom stereocenters. The first kappa shape index (κ1) is 21.5. The number of morpholine rings is 1. The molecule has 1 N–H and O–H groups in total. The summed E-state index contributed by atoms with van der Waals surface area (Å²) < 4.78 is 34.0. The van der Waals surface area contributed by atoms with Gasteiger partial charge < -0.3 is 10.1 Å². The largest absolute Gasteiger partial charge is 0.379 e. The van der Waals surface area contributed by atoms with Gasteiger partial charge in [-0.3, -0.25) is 4.79 Å². The van der Waals surface area contributed by atoms with E-state index in [4.69, 9.17) is 16.3 Å². The fourth-order valence-electron chi connectivity index (χ4n) is 3.23. The van der Waals surface area contributed by atoms with E-state index < -0.39 is 15.9 Å². The van der Waals surface area contributed by atoms with Crippen LogP contribution in [0.3, 0.4) is 0 Å². The maximum Gasteiger partial charge on any atom is 0.258 e. The molecule has 1 aromatic heterocycles. The molecule has 0 bridgehead atoms. The van der Waals surface area contributed by atoms with Crippen molar-refractivity contribution >= 4 is 33.2 Å². The minimum absolute atomic E-state index is 0.130. The van der Waals surface area contributed by atoms with Gasteiger partial charge in [-0.1, -0.05) is 23.7 Å². The fraction of sp³-hybridized carbons (Fsp3) is 0.238. The molecule has 8 nitrogen and oxygen atoms in total. The second-order valence-corrected chi connectivity index (χ2v) is 9.48. The molecule has 1 aliphatic rings. The minimum Gasteiger partial charge on any atom is -0.379 e. The number of anilines is 1. The summed E-state index contributed by atoms with van der Waals surface area (Å²) in [5.41, 5.74) is 2.23. The van der Waals surface area contributed by atoms with Crippen molar-refractivity contribution < 1.29 is 17.9 Å². The predicted molar refractivity (Wildman–Crippen MR) is 117 cm³/mol. The number of amides is 1. The third-order valence-corrected chi connectivity index (χ3v) is 7.11. The summed E-state index contributed by atoms with van der Waals surface area (Å²) in [6, 6.07) is 11.8. The van der Waals surface area contributed by atoms with Gasteiger partial charge in [0.2, 0.25) is 10.0 Å². The number of hydrogen-bond acceptors (Lipinski definition) is 5. The Bertz CT molecular complexity index is 1220. The Balaban J connectivity index is 1.55. The zero-order valence-corrected chi connectivity index (χ0v) is 18.4. The van der Waals surface area contributed by atoms with Gasteiger partial charge in [0.15, 0.2) is 0 Å². The van der Waals surface area contributed by atoms with E-state index in [0.29, 0.717) is 42.6 Å². The lowest BCUT2D eigenvalue weighted by Crippen LogP contribution is -2.40.